The first-order valence-electron chi connectivity index (χ1n) is 7.53. The van der Waals surface area contributed by atoms with Gasteiger partial charge in [0.1, 0.15) is 5.75 Å². The van der Waals surface area contributed by atoms with Crippen LogP contribution in [0.15, 0.2) is 48.5 Å². The van der Waals surface area contributed by atoms with Gasteiger partial charge in [-0.05, 0) is 41.8 Å². The number of carbonyl (C=O) groups excluding carboxylic acids is 1. The van der Waals surface area contributed by atoms with Gasteiger partial charge >= 0.3 is 6.03 Å². The molecule has 0 spiro atoms. The average molecular weight is 325 g/mol. The van der Waals surface area contributed by atoms with Crippen LogP contribution >= 0.6 is 0 Å². The molecule has 0 fully saturated rings. The Morgan fingerprint density at radius 2 is 1.71 bits per heavy atom. The summed E-state index contributed by atoms with van der Waals surface area (Å²) < 4.78 is 0. The number of phenols is 1. The number of benzene rings is 2. The number of hydrogen-bond acceptors (Lipinski definition) is 4. The van der Waals surface area contributed by atoms with E-state index in [1.807, 2.05) is 0 Å². The van der Waals surface area contributed by atoms with Gasteiger partial charge in [-0.25, -0.2) is 4.79 Å². The van der Waals surface area contributed by atoms with Gasteiger partial charge in [-0.1, -0.05) is 24.3 Å². The third-order valence-electron chi connectivity index (χ3n) is 3.47. The van der Waals surface area contributed by atoms with Gasteiger partial charge in [-0.15, -0.1) is 0 Å². The lowest BCUT2D eigenvalue weighted by Gasteiger charge is -2.17. The van der Waals surface area contributed by atoms with Gasteiger partial charge in [0.2, 0.25) is 0 Å². The second kappa shape index (κ2) is 8.56. The van der Waals surface area contributed by atoms with Gasteiger partial charge in [-0.3, -0.25) is 0 Å². The maximum Gasteiger partial charge on any atom is 0.319 e. The van der Waals surface area contributed by atoms with Crippen molar-refractivity contribution in [1.82, 2.24) is 5.32 Å². The molecule has 1 atom stereocenters. The number of aliphatic hydroxyl groups is 1. The molecule has 0 saturated heterocycles. The number of nitrogens with zero attached hydrogens (tertiary/aromatic N) is 1. The van der Waals surface area contributed by atoms with E-state index < -0.39 is 12.1 Å². The molecule has 0 heterocycles. The van der Waals surface area contributed by atoms with Crippen LogP contribution in [0.1, 0.15) is 11.1 Å². The van der Waals surface area contributed by atoms with Gasteiger partial charge < -0.3 is 20.8 Å². The Bertz CT molecular complexity index is 706. The van der Waals surface area contributed by atoms with Gasteiger partial charge in [0, 0.05) is 5.69 Å². The number of carbonyl (C=O) groups is 1. The highest BCUT2D eigenvalue weighted by atomic mass is 16.3. The van der Waals surface area contributed by atoms with E-state index in [1.54, 1.807) is 48.5 Å². The van der Waals surface area contributed by atoms with Gasteiger partial charge in [0.15, 0.2) is 0 Å². The zero-order valence-electron chi connectivity index (χ0n) is 13.1. The summed E-state index contributed by atoms with van der Waals surface area (Å²) >= 11 is 0. The molecule has 6 heteroatoms. The summed E-state index contributed by atoms with van der Waals surface area (Å²) in [5, 5.41) is 32.7. The Labute approximate surface area is 140 Å². The Kier molecular flexibility index (Phi) is 6.17. The molecule has 124 valence electrons. The number of amides is 2. The van der Waals surface area contributed by atoms with Crippen molar-refractivity contribution in [2.24, 2.45) is 0 Å². The molecule has 0 aliphatic rings. The lowest BCUT2D eigenvalue weighted by molar-refractivity contribution is 0.224. The molecule has 0 unspecified atom stereocenters. The highest BCUT2D eigenvalue weighted by Crippen LogP contribution is 2.12. The summed E-state index contributed by atoms with van der Waals surface area (Å²) in [6.07, 6.45) is 0.775. The van der Waals surface area contributed by atoms with Crippen LogP contribution in [0.25, 0.3) is 0 Å². The SMILES string of the molecule is N#CCc1ccc(NC(=O)N[C@H](CO)Cc2ccc(O)cc2)cc1. The summed E-state index contributed by atoms with van der Waals surface area (Å²) in [7, 11) is 0. The number of aliphatic hydroxyl groups excluding tert-OH is 1. The average Bonchev–Trinajstić information content (AvgIpc) is 2.58. The van der Waals surface area contributed by atoms with Crippen LogP contribution in [0.2, 0.25) is 0 Å². The molecule has 2 aromatic rings. The standard InChI is InChI=1S/C18H19N3O3/c19-10-9-13-1-5-15(6-2-13)20-18(24)21-16(12-22)11-14-3-7-17(23)8-4-14/h1-8,16,22-23H,9,11-12H2,(H2,20,21,24)/t16-/m0/s1. The second-order valence-corrected chi connectivity index (χ2v) is 5.38. The van der Waals surface area contributed by atoms with Crippen LogP contribution in [-0.4, -0.2) is 28.9 Å². The minimum Gasteiger partial charge on any atom is -0.508 e. The first kappa shape index (κ1) is 17.3. The summed E-state index contributed by atoms with van der Waals surface area (Å²) in [6, 6.07) is 14.8. The Balaban J connectivity index is 1.89. The molecule has 0 aliphatic carbocycles. The topological polar surface area (TPSA) is 105 Å². The van der Waals surface area contributed by atoms with E-state index in [-0.39, 0.29) is 12.4 Å². The summed E-state index contributed by atoms with van der Waals surface area (Å²) in [4.78, 5) is 12.0. The third kappa shape index (κ3) is 5.30. The number of nitriles is 1. The zero-order valence-corrected chi connectivity index (χ0v) is 13.1. The molecule has 0 radical (unpaired) electrons. The van der Waals surface area contributed by atoms with Gasteiger partial charge in [0.25, 0.3) is 0 Å². The van der Waals surface area contributed by atoms with Crippen molar-refractivity contribution in [3.8, 4) is 11.8 Å². The first-order chi connectivity index (χ1) is 11.6. The molecule has 4 N–H and O–H groups in total. The van der Waals surface area contributed by atoms with E-state index in [1.165, 1.54) is 0 Å². The Morgan fingerprint density at radius 3 is 2.29 bits per heavy atom. The van der Waals surface area contributed by atoms with Crippen LogP contribution in [0.5, 0.6) is 5.75 Å². The zero-order chi connectivity index (χ0) is 17.4. The van der Waals surface area contributed by atoms with Crippen molar-refractivity contribution in [2.45, 2.75) is 18.9 Å². The maximum absolute atomic E-state index is 12.0. The normalized spacial score (nSPS) is 11.3. The molecular weight excluding hydrogens is 306 g/mol. The maximum atomic E-state index is 12.0. The minimum absolute atomic E-state index is 0.171. The molecule has 6 nitrogen and oxygen atoms in total. The minimum atomic E-state index is -0.438. The van der Waals surface area contributed by atoms with Crippen LogP contribution in [0.4, 0.5) is 10.5 Å². The van der Waals surface area contributed by atoms with Crippen molar-refractivity contribution in [3.63, 3.8) is 0 Å². The predicted molar refractivity (Wildman–Crippen MR) is 90.6 cm³/mol. The van der Waals surface area contributed by atoms with E-state index in [2.05, 4.69) is 16.7 Å². The van der Waals surface area contributed by atoms with E-state index in [9.17, 15) is 15.0 Å². The molecule has 0 aromatic heterocycles. The molecule has 2 amide bonds. The molecule has 2 aromatic carbocycles. The van der Waals surface area contributed by atoms with Gasteiger partial charge in [0.05, 0.1) is 25.1 Å². The van der Waals surface area contributed by atoms with E-state index in [0.717, 1.165) is 11.1 Å². The Morgan fingerprint density at radius 1 is 1.08 bits per heavy atom. The number of aromatic hydroxyl groups is 1. The molecule has 0 aliphatic heterocycles. The Hall–Kier alpha value is -3.04. The number of phenolic OH excluding ortho intramolecular Hbond substituents is 1. The van der Waals surface area contributed by atoms with E-state index >= 15 is 0 Å². The summed E-state index contributed by atoms with van der Waals surface area (Å²) in [6.45, 7) is -0.199. The number of urea groups is 1. The van der Waals surface area contributed by atoms with Crippen LogP contribution < -0.4 is 10.6 Å². The second-order valence-electron chi connectivity index (χ2n) is 5.38. The fraction of sp³-hybridized carbons (Fsp3) is 0.222. The highest BCUT2D eigenvalue weighted by Gasteiger charge is 2.12. The van der Waals surface area contributed by atoms with Crippen LogP contribution in [-0.2, 0) is 12.8 Å². The molecule has 0 saturated carbocycles. The molecule has 2 rings (SSSR count). The quantitative estimate of drug-likeness (QED) is 0.653. The highest BCUT2D eigenvalue weighted by molar-refractivity contribution is 5.89. The van der Waals surface area contributed by atoms with Crippen LogP contribution in [0.3, 0.4) is 0 Å². The number of nitrogens with one attached hydrogen (secondary N) is 2. The predicted octanol–water partition coefficient (Wildman–Crippen LogP) is 2.18. The van der Waals surface area contributed by atoms with Gasteiger partial charge in [-0.2, -0.15) is 5.26 Å². The first-order valence-corrected chi connectivity index (χ1v) is 7.53. The van der Waals surface area contributed by atoms with Crippen LogP contribution in [0, 0.1) is 11.3 Å². The summed E-state index contributed by atoms with van der Waals surface area (Å²) in [5.74, 6) is 0.171. The van der Waals surface area contributed by atoms with Crippen molar-refractivity contribution in [3.05, 3.63) is 59.7 Å². The van der Waals surface area contributed by atoms with Crippen molar-refractivity contribution in [1.29, 1.82) is 5.26 Å². The van der Waals surface area contributed by atoms with E-state index in [0.29, 0.717) is 18.5 Å². The molecule has 24 heavy (non-hydrogen) atoms. The van der Waals surface area contributed by atoms with E-state index in [4.69, 9.17) is 5.26 Å². The summed E-state index contributed by atoms with van der Waals surface area (Å²) in [5.41, 5.74) is 2.38. The lowest BCUT2D eigenvalue weighted by atomic mass is 10.1. The fourth-order valence-electron chi connectivity index (χ4n) is 2.23. The third-order valence-corrected chi connectivity index (χ3v) is 3.47. The number of rotatable bonds is 6. The number of anilines is 1. The van der Waals surface area contributed by atoms with Crippen molar-refractivity contribution < 1.29 is 15.0 Å². The van der Waals surface area contributed by atoms with Crippen molar-refractivity contribution >= 4 is 11.7 Å². The van der Waals surface area contributed by atoms with Crippen molar-refractivity contribution in [2.75, 3.05) is 11.9 Å². The largest absolute Gasteiger partial charge is 0.508 e. The smallest absolute Gasteiger partial charge is 0.319 e. The number of hydrogen-bond donors (Lipinski definition) is 4. The fourth-order valence-corrected chi connectivity index (χ4v) is 2.23. The molecule has 0 bridgehead atoms. The molecular formula is C18H19N3O3. The monoisotopic (exact) mass is 325 g/mol. The lowest BCUT2D eigenvalue weighted by Crippen LogP contribution is -2.41.